The summed E-state index contributed by atoms with van der Waals surface area (Å²) in [6.07, 6.45) is 0.929. The summed E-state index contributed by atoms with van der Waals surface area (Å²) in [7, 11) is 3.12. The molecule has 2 aliphatic heterocycles. The first-order valence-electron chi connectivity index (χ1n) is 10.2. The molecule has 0 unspecified atom stereocenters. The number of carbonyl (C=O) groups is 2. The molecule has 8 heteroatoms. The van der Waals surface area contributed by atoms with Crippen LogP contribution in [0.4, 0.5) is 4.79 Å². The molecule has 0 N–H and O–H groups in total. The molecule has 2 heterocycles. The predicted molar refractivity (Wildman–Crippen MR) is 118 cm³/mol. The molecule has 0 radical (unpaired) electrons. The number of nitrogens with zero attached hydrogens (tertiary/aromatic N) is 2. The van der Waals surface area contributed by atoms with E-state index in [9.17, 15) is 9.59 Å². The fourth-order valence-electron chi connectivity index (χ4n) is 4.16. The average molecular weight is 489 g/mol. The molecular weight excluding hydrogens is 464 g/mol. The van der Waals surface area contributed by atoms with Gasteiger partial charge >= 0.3 is 6.09 Å². The maximum absolute atomic E-state index is 13.0. The second-order valence-corrected chi connectivity index (χ2v) is 8.85. The summed E-state index contributed by atoms with van der Waals surface area (Å²) in [6, 6.07) is 13.1. The lowest BCUT2D eigenvalue weighted by atomic mass is 9.91. The quantitative estimate of drug-likeness (QED) is 0.633. The molecule has 0 aromatic heterocycles. The predicted octanol–water partition coefficient (Wildman–Crippen LogP) is 4.09. The highest BCUT2D eigenvalue weighted by Crippen LogP contribution is 2.35. The van der Waals surface area contributed by atoms with E-state index in [1.807, 2.05) is 24.3 Å². The number of hydrogen-bond donors (Lipinski definition) is 0. The topological polar surface area (TPSA) is 68.3 Å². The molecule has 4 rings (SSSR count). The second-order valence-electron chi connectivity index (χ2n) is 7.93. The summed E-state index contributed by atoms with van der Waals surface area (Å²) in [5.74, 6) is 1.07. The molecule has 0 saturated carbocycles. The molecule has 0 atom stereocenters. The molecule has 31 heavy (non-hydrogen) atoms. The van der Waals surface area contributed by atoms with E-state index in [0.29, 0.717) is 56.1 Å². The molecule has 0 bridgehead atoms. The van der Waals surface area contributed by atoms with Crippen LogP contribution >= 0.6 is 15.9 Å². The standard InChI is InChI=1S/C23H25BrN2O5/c1-29-19-11-17(12-20(13-19)30-2)21(27)25-8-6-23(7-9-25)15-26(22(28)31-23)14-16-4-3-5-18(24)10-16/h3-5,10-13H,6-9,14-15H2,1-2H3. The molecule has 164 valence electrons. The summed E-state index contributed by atoms with van der Waals surface area (Å²) in [4.78, 5) is 29.1. The summed E-state index contributed by atoms with van der Waals surface area (Å²) in [6.45, 7) is 2.09. The number of likely N-dealkylation sites (tertiary alicyclic amines) is 1. The number of methoxy groups -OCH3 is 2. The van der Waals surface area contributed by atoms with Crippen LogP contribution in [0.3, 0.4) is 0 Å². The molecule has 7 nitrogen and oxygen atoms in total. The second kappa shape index (κ2) is 8.78. The summed E-state index contributed by atoms with van der Waals surface area (Å²) < 4.78 is 17.3. The Hall–Kier alpha value is -2.74. The van der Waals surface area contributed by atoms with Crippen molar-refractivity contribution >= 4 is 27.9 Å². The van der Waals surface area contributed by atoms with Gasteiger partial charge in [0.2, 0.25) is 0 Å². The van der Waals surface area contributed by atoms with Crippen LogP contribution in [0, 0.1) is 0 Å². The van der Waals surface area contributed by atoms with Gasteiger partial charge in [-0.2, -0.15) is 0 Å². The third kappa shape index (κ3) is 4.63. The van der Waals surface area contributed by atoms with Crippen molar-refractivity contribution in [2.24, 2.45) is 0 Å². The Morgan fingerprint density at radius 3 is 2.39 bits per heavy atom. The number of amides is 2. The highest BCUT2D eigenvalue weighted by atomic mass is 79.9. The molecule has 2 aromatic rings. The first-order chi connectivity index (χ1) is 14.9. The Kier molecular flexibility index (Phi) is 6.09. The van der Waals surface area contributed by atoms with Gasteiger partial charge in [0, 0.05) is 48.6 Å². The van der Waals surface area contributed by atoms with Gasteiger partial charge in [-0.3, -0.25) is 9.69 Å². The fourth-order valence-corrected chi connectivity index (χ4v) is 4.61. The van der Waals surface area contributed by atoms with Gasteiger partial charge in [-0.1, -0.05) is 28.1 Å². The van der Waals surface area contributed by atoms with Gasteiger partial charge in [-0.15, -0.1) is 0 Å². The first-order valence-corrected chi connectivity index (χ1v) is 11.0. The molecular formula is C23H25BrN2O5. The number of benzene rings is 2. The van der Waals surface area contributed by atoms with Crippen molar-refractivity contribution in [1.82, 2.24) is 9.80 Å². The average Bonchev–Trinajstić information content (AvgIpc) is 3.07. The third-order valence-electron chi connectivity index (χ3n) is 5.86. The zero-order chi connectivity index (χ0) is 22.0. The van der Waals surface area contributed by atoms with Gasteiger partial charge in [0.1, 0.15) is 17.1 Å². The number of piperidine rings is 1. The maximum atomic E-state index is 13.0. The highest BCUT2D eigenvalue weighted by Gasteiger charge is 2.47. The van der Waals surface area contributed by atoms with Gasteiger partial charge in [0.15, 0.2) is 0 Å². The van der Waals surface area contributed by atoms with Crippen molar-refractivity contribution in [3.63, 3.8) is 0 Å². The Labute approximate surface area is 190 Å². The van der Waals surface area contributed by atoms with Crippen LogP contribution in [-0.2, 0) is 11.3 Å². The van der Waals surface area contributed by atoms with Crippen LogP contribution in [0.1, 0.15) is 28.8 Å². The first kappa shape index (κ1) is 21.5. The van der Waals surface area contributed by atoms with Gasteiger partial charge in [0.25, 0.3) is 5.91 Å². The minimum absolute atomic E-state index is 0.0811. The van der Waals surface area contributed by atoms with Gasteiger partial charge < -0.3 is 19.1 Å². The number of halogens is 1. The molecule has 0 aliphatic carbocycles. The summed E-state index contributed by atoms with van der Waals surface area (Å²) in [5, 5.41) is 0. The molecule has 2 aliphatic rings. The Bertz CT molecular complexity index is 965. The minimum Gasteiger partial charge on any atom is -0.497 e. The van der Waals surface area contributed by atoms with E-state index >= 15 is 0 Å². The minimum atomic E-state index is -0.536. The Morgan fingerprint density at radius 2 is 1.77 bits per heavy atom. The Balaban J connectivity index is 1.40. The zero-order valence-electron chi connectivity index (χ0n) is 17.6. The highest BCUT2D eigenvalue weighted by molar-refractivity contribution is 9.10. The maximum Gasteiger partial charge on any atom is 0.410 e. The van der Waals surface area contributed by atoms with E-state index in [2.05, 4.69) is 15.9 Å². The van der Waals surface area contributed by atoms with Crippen LogP contribution < -0.4 is 9.47 Å². The lowest BCUT2D eigenvalue weighted by Crippen LogP contribution is -2.48. The van der Waals surface area contributed by atoms with Crippen molar-refractivity contribution in [3.8, 4) is 11.5 Å². The van der Waals surface area contributed by atoms with Gasteiger partial charge in [-0.05, 0) is 29.8 Å². The molecule has 2 amide bonds. The lowest BCUT2D eigenvalue weighted by Gasteiger charge is -2.37. The number of ether oxygens (including phenoxy) is 3. The van der Waals surface area contributed by atoms with Crippen LogP contribution in [0.2, 0.25) is 0 Å². The van der Waals surface area contributed by atoms with Crippen molar-refractivity contribution in [2.45, 2.75) is 25.0 Å². The summed E-state index contributed by atoms with van der Waals surface area (Å²) in [5.41, 5.74) is 1.03. The fraction of sp³-hybridized carbons (Fsp3) is 0.391. The van der Waals surface area contributed by atoms with E-state index in [0.717, 1.165) is 10.0 Å². The van der Waals surface area contributed by atoms with E-state index < -0.39 is 5.60 Å². The molecule has 2 saturated heterocycles. The SMILES string of the molecule is COc1cc(OC)cc(C(=O)N2CCC3(CC2)CN(Cc2cccc(Br)c2)C(=O)O3)c1. The normalized spacial score (nSPS) is 17.6. The number of carbonyl (C=O) groups excluding carboxylic acids is 2. The van der Waals surface area contributed by atoms with E-state index in [4.69, 9.17) is 14.2 Å². The molecule has 2 fully saturated rings. The van der Waals surface area contributed by atoms with Crippen molar-refractivity contribution in [2.75, 3.05) is 33.9 Å². The van der Waals surface area contributed by atoms with Gasteiger partial charge in [-0.25, -0.2) is 4.79 Å². The van der Waals surface area contributed by atoms with E-state index in [-0.39, 0.29) is 12.0 Å². The molecule has 1 spiro atoms. The summed E-state index contributed by atoms with van der Waals surface area (Å²) >= 11 is 3.47. The third-order valence-corrected chi connectivity index (χ3v) is 6.36. The van der Waals surface area contributed by atoms with Crippen molar-refractivity contribution < 1.29 is 23.8 Å². The molecule has 2 aromatic carbocycles. The van der Waals surface area contributed by atoms with Crippen molar-refractivity contribution in [1.29, 1.82) is 0 Å². The van der Waals surface area contributed by atoms with Crippen LogP contribution in [0.15, 0.2) is 46.9 Å². The Morgan fingerprint density at radius 1 is 1.10 bits per heavy atom. The van der Waals surface area contributed by atoms with Crippen LogP contribution in [-0.4, -0.2) is 61.3 Å². The van der Waals surface area contributed by atoms with Gasteiger partial charge in [0.05, 0.1) is 20.8 Å². The number of hydrogen-bond acceptors (Lipinski definition) is 5. The largest absolute Gasteiger partial charge is 0.497 e. The zero-order valence-corrected chi connectivity index (χ0v) is 19.2. The number of rotatable bonds is 5. The lowest BCUT2D eigenvalue weighted by molar-refractivity contribution is 0.00311. The monoisotopic (exact) mass is 488 g/mol. The van der Waals surface area contributed by atoms with Crippen molar-refractivity contribution in [3.05, 3.63) is 58.1 Å². The van der Waals surface area contributed by atoms with E-state index in [1.165, 1.54) is 0 Å². The van der Waals surface area contributed by atoms with E-state index in [1.54, 1.807) is 42.2 Å². The van der Waals surface area contributed by atoms with Crippen LogP contribution in [0.25, 0.3) is 0 Å². The van der Waals surface area contributed by atoms with Crippen LogP contribution in [0.5, 0.6) is 11.5 Å². The smallest absolute Gasteiger partial charge is 0.410 e.